The lowest BCUT2D eigenvalue weighted by Crippen LogP contribution is -2.43. The first kappa shape index (κ1) is 17.3. The van der Waals surface area contributed by atoms with Crippen LogP contribution in [0.1, 0.15) is 52.4 Å². The minimum Gasteiger partial charge on any atom is -0.304 e. The van der Waals surface area contributed by atoms with Gasteiger partial charge in [0.2, 0.25) is 0 Å². The third kappa shape index (κ3) is 5.28. The highest BCUT2D eigenvalue weighted by Crippen LogP contribution is 2.32. The summed E-state index contributed by atoms with van der Waals surface area (Å²) in [6.07, 6.45) is 7.92. The zero-order chi connectivity index (χ0) is 14.3. The summed E-state index contributed by atoms with van der Waals surface area (Å²) in [6, 6.07) is 0.769. The summed E-state index contributed by atoms with van der Waals surface area (Å²) in [4.78, 5) is 5.09. The third-order valence-electron chi connectivity index (χ3n) is 4.70. The van der Waals surface area contributed by atoms with Gasteiger partial charge < -0.3 is 9.80 Å². The molecule has 3 heteroatoms. The van der Waals surface area contributed by atoms with E-state index in [1.807, 2.05) is 0 Å². The van der Waals surface area contributed by atoms with E-state index in [4.69, 9.17) is 0 Å². The molecule has 0 spiro atoms. The molecular formula is C16H34N2S. The summed E-state index contributed by atoms with van der Waals surface area (Å²) in [6.45, 7) is 8.32. The molecule has 2 nitrogen and oxygen atoms in total. The lowest BCUT2D eigenvalue weighted by Gasteiger charge is -2.37. The molecular weight excluding hydrogens is 252 g/mol. The maximum atomic E-state index is 4.67. The summed E-state index contributed by atoms with van der Waals surface area (Å²) >= 11 is 4.67. The van der Waals surface area contributed by atoms with E-state index >= 15 is 0 Å². The summed E-state index contributed by atoms with van der Waals surface area (Å²) in [7, 11) is 4.57. The summed E-state index contributed by atoms with van der Waals surface area (Å²) in [5.41, 5.74) is 0.429. The standard InChI is InChI=1S/C16H34N2S/c1-5-9-16(14-19,10-6-2)13-17(3)12-15-8-7-11-18(15)4/h15,19H,5-14H2,1-4H3. The number of thiol groups is 1. The van der Waals surface area contributed by atoms with Crippen LogP contribution in [0.15, 0.2) is 0 Å². The van der Waals surface area contributed by atoms with Crippen LogP contribution in [-0.2, 0) is 0 Å². The number of likely N-dealkylation sites (tertiary alicyclic amines) is 1. The Kier molecular flexibility index (Phi) is 7.78. The lowest BCUT2D eigenvalue weighted by atomic mass is 9.80. The zero-order valence-corrected chi connectivity index (χ0v) is 14.4. The Morgan fingerprint density at radius 3 is 2.32 bits per heavy atom. The first-order chi connectivity index (χ1) is 9.06. The molecule has 1 aliphatic heterocycles. The number of nitrogens with zero attached hydrogens (tertiary/aromatic N) is 2. The second-order valence-corrected chi connectivity index (χ2v) is 6.95. The van der Waals surface area contributed by atoms with E-state index in [0.29, 0.717) is 5.41 Å². The molecule has 0 aromatic heterocycles. The number of rotatable bonds is 9. The third-order valence-corrected chi connectivity index (χ3v) is 5.37. The number of likely N-dealkylation sites (N-methyl/N-ethyl adjacent to an activating group) is 2. The van der Waals surface area contributed by atoms with E-state index in [2.05, 4.69) is 50.4 Å². The van der Waals surface area contributed by atoms with Crippen LogP contribution in [-0.4, -0.2) is 55.3 Å². The van der Waals surface area contributed by atoms with Crippen LogP contribution in [0.4, 0.5) is 0 Å². The van der Waals surface area contributed by atoms with E-state index in [-0.39, 0.29) is 0 Å². The van der Waals surface area contributed by atoms with Crippen molar-refractivity contribution in [3.05, 3.63) is 0 Å². The molecule has 19 heavy (non-hydrogen) atoms. The largest absolute Gasteiger partial charge is 0.304 e. The van der Waals surface area contributed by atoms with Crippen LogP contribution in [0.5, 0.6) is 0 Å². The Bertz CT molecular complexity index is 239. The maximum absolute atomic E-state index is 4.67. The molecule has 1 rings (SSSR count). The highest BCUT2D eigenvalue weighted by molar-refractivity contribution is 7.80. The first-order valence-corrected chi connectivity index (χ1v) is 8.69. The van der Waals surface area contributed by atoms with Crippen molar-refractivity contribution in [1.82, 2.24) is 9.80 Å². The van der Waals surface area contributed by atoms with Gasteiger partial charge in [-0.15, -0.1) is 0 Å². The fraction of sp³-hybridized carbons (Fsp3) is 1.00. The Labute approximate surface area is 126 Å². The van der Waals surface area contributed by atoms with E-state index < -0.39 is 0 Å². The topological polar surface area (TPSA) is 6.48 Å². The monoisotopic (exact) mass is 286 g/mol. The fourth-order valence-corrected chi connectivity index (χ4v) is 4.17. The molecule has 0 bridgehead atoms. The highest BCUT2D eigenvalue weighted by Gasteiger charge is 2.30. The van der Waals surface area contributed by atoms with Gasteiger partial charge in [0.05, 0.1) is 0 Å². The fourth-order valence-electron chi connectivity index (χ4n) is 3.76. The van der Waals surface area contributed by atoms with Gasteiger partial charge in [0.15, 0.2) is 0 Å². The molecule has 1 aliphatic rings. The van der Waals surface area contributed by atoms with Crippen molar-refractivity contribution in [2.45, 2.75) is 58.4 Å². The minimum absolute atomic E-state index is 0.429. The number of hydrogen-bond donors (Lipinski definition) is 1. The van der Waals surface area contributed by atoms with Gasteiger partial charge in [-0.25, -0.2) is 0 Å². The molecule has 0 aromatic carbocycles. The average molecular weight is 287 g/mol. The quantitative estimate of drug-likeness (QED) is 0.648. The normalized spacial score (nSPS) is 21.5. The van der Waals surface area contributed by atoms with E-state index in [0.717, 1.165) is 11.8 Å². The molecule has 0 N–H and O–H groups in total. The van der Waals surface area contributed by atoms with Crippen molar-refractivity contribution >= 4 is 12.6 Å². The predicted molar refractivity (Wildman–Crippen MR) is 89.3 cm³/mol. The second kappa shape index (κ2) is 8.53. The van der Waals surface area contributed by atoms with Crippen LogP contribution >= 0.6 is 12.6 Å². The first-order valence-electron chi connectivity index (χ1n) is 8.06. The molecule has 0 aliphatic carbocycles. The van der Waals surface area contributed by atoms with Crippen LogP contribution in [0, 0.1) is 5.41 Å². The van der Waals surface area contributed by atoms with Crippen LogP contribution in [0.2, 0.25) is 0 Å². The molecule has 114 valence electrons. The smallest absolute Gasteiger partial charge is 0.0220 e. The average Bonchev–Trinajstić information content (AvgIpc) is 2.75. The van der Waals surface area contributed by atoms with Gasteiger partial charge in [0, 0.05) is 19.1 Å². The van der Waals surface area contributed by atoms with E-state index in [1.165, 1.54) is 58.2 Å². The van der Waals surface area contributed by atoms with E-state index in [1.54, 1.807) is 0 Å². The Balaban J connectivity index is 2.51. The van der Waals surface area contributed by atoms with Gasteiger partial charge in [0.25, 0.3) is 0 Å². The number of hydrogen-bond acceptors (Lipinski definition) is 3. The summed E-state index contributed by atoms with van der Waals surface area (Å²) in [5, 5.41) is 0. The molecule has 0 radical (unpaired) electrons. The molecule has 0 aromatic rings. The van der Waals surface area contributed by atoms with Gasteiger partial charge in [-0.2, -0.15) is 12.6 Å². The molecule has 1 saturated heterocycles. The van der Waals surface area contributed by atoms with Gasteiger partial charge in [-0.3, -0.25) is 0 Å². The van der Waals surface area contributed by atoms with Crippen molar-refractivity contribution in [2.24, 2.45) is 5.41 Å². The van der Waals surface area contributed by atoms with Crippen LogP contribution in [0.3, 0.4) is 0 Å². The molecule has 1 fully saturated rings. The molecule has 1 atom stereocenters. The Morgan fingerprint density at radius 1 is 1.26 bits per heavy atom. The minimum atomic E-state index is 0.429. The molecule has 1 heterocycles. The molecule has 0 saturated carbocycles. The van der Waals surface area contributed by atoms with Gasteiger partial charge in [-0.05, 0) is 57.5 Å². The van der Waals surface area contributed by atoms with Crippen LogP contribution < -0.4 is 0 Å². The molecule has 0 amide bonds. The Morgan fingerprint density at radius 2 is 1.89 bits per heavy atom. The van der Waals surface area contributed by atoms with Crippen molar-refractivity contribution in [2.75, 3.05) is 39.5 Å². The van der Waals surface area contributed by atoms with Crippen molar-refractivity contribution < 1.29 is 0 Å². The Hall–Kier alpha value is 0.270. The van der Waals surface area contributed by atoms with Crippen molar-refractivity contribution in [1.29, 1.82) is 0 Å². The zero-order valence-electron chi connectivity index (χ0n) is 13.5. The lowest BCUT2D eigenvalue weighted by molar-refractivity contribution is 0.141. The van der Waals surface area contributed by atoms with Gasteiger partial charge in [-0.1, -0.05) is 26.7 Å². The predicted octanol–water partition coefficient (Wildman–Crippen LogP) is 3.53. The molecule has 1 unspecified atom stereocenters. The van der Waals surface area contributed by atoms with Crippen molar-refractivity contribution in [3.63, 3.8) is 0 Å². The summed E-state index contributed by atoms with van der Waals surface area (Å²) < 4.78 is 0. The summed E-state index contributed by atoms with van der Waals surface area (Å²) in [5.74, 6) is 1.03. The SMILES string of the molecule is CCCC(CS)(CCC)CN(C)CC1CCCN1C. The highest BCUT2D eigenvalue weighted by atomic mass is 32.1. The second-order valence-electron chi connectivity index (χ2n) is 6.63. The van der Waals surface area contributed by atoms with Gasteiger partial charge >= 0.3 is 0 Å². The van der Waals surface area contributed by atoms with Crippen molar-refractivity contribution in [3.8, 4) is 0 Å². The van der Waals surface area contributed by atoms with E-state index in [9.17, 15) is 0 Å². The van der Waals surface area contributed by atoms with Gasteiger partial charge in [0.1, 0.15) is 0 Å². The maximum Gasteiger partial charge on any atom is 0.0220 e. The van der Waals surface area contributed by atoms with Crippen LogP contribution in [0.25, 0.3) is 0 Å².